The Hall–Kier alpha value is -1.65. The van der Waals surface area contributed by atoms with Crippen molar-refractivity contribution >= 4 is 29.3 Å². The van der Waals surface area contributed by atoms with Crippen LogP contribution in [-0.2, 0) is 4.79 Å². The average molecular weight is 348 g/mol. The SMILES string of the molecule is O=C(CCSc1ccc(Cl)cc1)NC1CCOc2ccccc21. The van der Waals surface area contributed by atoms with Gasteiger partial charge in [0.05, 0.1) is 12.6 Å². The number of carbonyl (C=O) groups is 1. The number of hydrogen-bond donors (Lipinski definition) is 1. The van der Waals surface area contributed by atoms with Gasteiger partial charge in [0.2, 0.25) is 5.91 Å². The topological polar surface area (TPSA) is 38.3 Å². The van der Waals surface area contributed by atoms with Gasteiger partial charge in [0.25, 0.3) is 0 Å². The van der Waals surface area contributed by atoms with Crippen LogP contribution in [-0.4, -0.2) is 18.3 Å². The maximum absolute atomic E-state index is 12.2. The highest BCUT2D eigenvalue weighted by atomic mass is 35.5. The number of carbonyl (C=O) groups excluding carboxylic acids is 1. The molecule has 1 unspecified atom stereocenters. The van der Waals surface area contributed by atoms with E-state index in [-0.39, 0.29) is 11.9 Å². The predicted molar refractivity (Wildman–Crippen MR) is 94.2 cm³/mol. The van der Waals surface area contributed by atoms with Gasteiger partial charge in [0, 0.05) is 34.1 Å². The molecule has 1 amide bonds. The highest BCUT2D eigenvalue weighted by Crippen LogP contribution is 2.31. The van der Waals surface area contributed by atoms with Crippen LogP contribution in [0.5, 0.6) is 5.75 Å². The van der Waals surface area contributed by atoms with Crippen LogP contribution in [0.1, 0.15) is 24.4 Å². The first-order chi connectivity index (χ1) is 11.2. The third-order valence-electron chi connectivity index (χ3n) is 3.71. The van der Waals surface area contributed by atoms with Crippen molar-refractivity contribution < 1.29 is 9.53 Å². The van der Waals surface area contributed by atoms with Crippen LogP contribution in [0.3, 0.4) is 0 Å². The largest absolute Gasteiger partial charge is 0.493 e. The monoisotopic (exact) mass is 347 g/mol. The van der Waals surface area contributed by atoms with E-state index in [0.717, 1.165) is 33.4 Å². The molecule has 2 aromatic rings. The van der Waals surface area contributed by atoms with Crippen LogP contribution in [0, 0.1) is 0 Å². The standard InChI is InChI=1S/C18H18ClNO2S/c19-13-5-7-14(8-6-13)23-12-10-18(21)20-16-9-11-22-17-4-2-1-3-15(16)17/h1-8,16H,9-12H2,(H,20,21). The third-order valence-corrected chi connectivity index (χ3v) is 4.97. The van der Waals surface area contributed by atoms with Gasteiger partial charge >= 0.3 is 0 Å². The summed E-state index contributed by atoms with van der Waals surface area (Å²) in [6.45, 7) is 0.640. The molecular weight excluding hydrogens is 330 g/mol. The minimum atomic E-state index is 0.0491. The smallest absolute Gasteiger partial charge is 0.221 e. The van der Waals surface area contributed by atoms with Crippen molar-refractivity contribution in [3.05, 3.63) is 59.1 Å². The maximum Gasteiger partial charge on any atom is 0.221 e. The summed E-state index contributed by atoms with van der Waals surface area (Å²) in [6.07, 6.45) is 1.31. The fraction of sp³-hybridized carbons (Fsp3) is 0.278. The molecule has 120 valence electrons. The quantitative estimate of drug-likeness (QED) is 0.811. The number of fused-ring (bicyclic) bond motifs is 1. The zero-order valence-corrected chi connectivity index (χ0v) is 14.2. The molecule has 1 atom stereocenters. The molecule has 1 heterocycles. The van der Waals surface area contributed by atoms with E-state index >= 15 is 0 Å². The van der Waals surface area contributed by atoms with Crippen molar-refractivity contribution in [2.75, 3.05) is 12.4 Å². The van der Waals surface area contributed by atoms with Crippen molar-refractivity contribution in [1.29, 1.82) is 0 Å². The van der Waals surface area contributed by atoms with Gasteiger partial charge in [0.1, 0.15) is 5.75 Å². The van der Waals surface area contributed by atoms with Crippen LogP contribution >= 0.6 is 23.4 Å². The fourth-order valence-electron chi connectivity index (χ4n) is 2.55. The lowest BCUT2D eigenvalue weighted by atomic mass is 10.0. The summed E-state index contributed by atoms with van der Waals surface area (Å²) in [7, 11) is 0. The van der Waals surface area contributed by atoms with Gasteiger partial charge in [-0.1, -0.05) is 29.8 Å². The number of para-hydroxylation sites is 1. The Morgan fingerprint density at radius 3 is 2.83 bits per heavy atom. The summed E-state index contributed by atoms with van der Waals surface area (Å²) in [5, 5.41) is 3.84. The second-order valence-electron chi connectivity index (χ2n) is 5.35. The van der Waals surface area contributed by atoms with Crippen LogP contribution in [0.2, 0.25) is 5.02 Å². The number of rotatable bonds is 5. The minimum absolute atomic E-state index is 0.0491. The van der Waals surface area contributed by atoms with Crippen LogP contribution in [0.15, 0.2) is 53.4 Å². The van der Waals surface area contributed by atoms with E-state index in [1.807, 2.05) is 48.5 Å². The Kier molecular flexibility index (Phi) is 5.47. The summed E-state index contributed by atoms with van der Waals surface area (Å²) in [6, 6.07) is 15.6. The Bertz CT molecular complexity index is 675. The molecule has 5 heteroatoms. The van der Waals surface area contributed by atoms with E-state index in [0.29, 0.717) is 13.0 Å². The highest BCUT2D eigenvalue weighted by Gasteiger charge is 2.22. The van der Waals surface area contributed by atoms with Gasteiger partial charge in [-0.3, -0.25) is 4.79 Å². The predicted octanol–water partition coefficient (Wildman–Crippen LogP) is 4.46. The first-order valence-electron chi connectivity index (χ1n) is 7.62. The summed E-state index contributed by atoms with van der Waals surface area (Å²) in [4.78, 5) is 13.3. The molecule has 0 spiro atoms. The van der Waals surface area contributed by atoms with Gasteiger partial charge in [0.15, 0.2) is 0 Å². The molecule has 3 rings (SSSR count). The van der Waals surface area contributed by atoms with E-state index in [9.17, 15) is 4.79 Å². The van der Waals surface area contributed by atoms with Crippen LogP contribution in [0.4, 0.5) is 0 Å². The zero-order chi connectivity index (χ0) is 16.1. The van der Waals surface area contributed by atoms with E-state index in [4.69, 9.17) is 16.3 Å². The Labute approximate surface area is 145 Å². The maximum atomic E-state index is 12.2. The number of halogens is 1. The molecule has 0 saturated carbocycles. The van der Waals surface area contributed by atoms with Crippen molar-refractivity contribution in [1.82, 2.24) is 5.32 Å². The molecular formula is C18H18ClNO2S. The first-order valence-corrected chi connectivity index (χ1v) is 8.98. The van der Waals surface area contributed by atoms with Crippen molar-refractivity contribution in [2.24, 2.45) is 0 Å². The average Bonchev–Trinajstić information content (AvgIpc) is 2.57. The van der Waals surface area contributed by atoms with Gasteiger partial charge in [-0.25, -0.2) is 0 Å². The molecule has 0 aliphatic carbocycles. The molecule has 1 aliphatic heterocycles. The van der Waals surface area contributed by atoms with Crippen molar-refractivity contribution in [2.45, 2.75) is 23.8 Å². The second kappa shape index (κ2) is 7.75. The zero-order valence-electron chi connectivity index (χ0n) is 12.6. The minimum Gasteiger partial charge on any atom is -0.493 e. The van der Waals surface area contributed by atoms with E-state index in [1.54, 1.807) is 11.8 Å². The molecule has 0 saturated heterocycles. The number of nitrogens with one attached hydrogen (secondary N) is 1. The summed E-state index contributed by atoms with van der Waals surface area (Å²) < 4.78 is 5.62. The molecule has 0 aromatic heterocycles. The lowest BCUT2D eigenvalue weighted by Crippen LogP contribution is -2.32. The normalized spacial score (nSPS) is 16.3. The van der Waals surface area contributed by atoms with Gasteiger partial charge in [-0.15, -0.1) is 11.8 Å². The number of hydrogen-bond acceptors (Lipinski definition) is 3. The van der Waals surface area contributed by atoms with Gasteiger partial charge < -0.3 is 10.1 Å². The summed E-state index contributed by atoms with van der Waals surface area (Å²) in [5.41, 5.74) is 1.07. The second-order valence-corrected chi connectivity index (χ2v) is 6.95. The van der Waals surface area contributed by atoms with Crippen LogP contribution in [0.25, 0.3) is 0 Å². The molecule has 1 aliphatic rings. The highest BCUT2D eigenvalue weighted by molar-refractivity contribution is 7.99. The number of amides is 1. The summed E-state index contributed by atoms with van der Waals surface area (Å²) >= 11 is 7.52. The third kappa shape index (κ3) is 4.43. The van der Waals surface area contributed by atoms with Crippen molar-refractivity contribution in [3.63, 3.8) is 0 Å². The molecule has 1 N–H and O–H groups in total. The Morgan fingerprint density at radius 2 is 2.00 bits per heavy atom. The van der Waals surface area contributed by atoms with Crippen LogP contribution < -0.4 is 10.1 Å². The molecule has 0 bridgehead atoms. The van der Waals surface area contributed by atoms with E-state index in [1.165, 1.54) is 0 Å². The summed E-state index contributed by atoms with van der Waals surface area (Å²) in [5.74, 6) is 1.70. The Morgan fingerprint density at radius 1 is 1.22 bits per heavy atom. The molecule has 2 aromatic carbocycles. The van der Waals surface area contributed by atoms with E-state index in [2.05, 4.69) is 5.32 Å². The molecule has 3 nitrogen and oxygen atoms in total. The number of benzene rings is 2. The fourth-order valence-corrected chi connectivity index (χ4v) is 3.53. The first kappa shape index (κ1) is 16.2. The number of ether oxygens (including phenoxy) is 1. The van der Waals surface area contributed by atoms with Gasteiger partial charge in [-0.05, 0) is 30.3 Å². The Balaban J connectivity index is 1.49. The van der Waals surface area contributed by atoms with Gasteiger partial charge in [-0.2, -0.15) is 0 Å². The molecule has 0 radical (unpaired) electrons. The molecule has 23 heavy (non-hydrogen) atoms. The lowest BCUT2D eigenvalue weighted by molar-refractivity contribution is -0.121. The van der Waals surface area contributed by atoms with Crippen molar-refractivity contribution in [3.8, 4) is 5.75 Å². The lowest BCUT2D eigenvalue weighted by Gasteiger charge is -2.26. The molecule has 0 fully saturated rings. The van der Waals surface area contributed by atoms with E-state index < -0.39 is 0 Å². The number of thioether (sulfide) groups is 1.